The van der Waals surface area contributed by atoms with Crippen molar-refractivity contribution in [1.29, 1.82) is 0 Å². The van der Waals surface area contributed by atoms with Crippen LogP contribution >= 0.6 is 0 Å². The minimum Gasteiger partial charge on any atom is -0.258 e. The minimum absolute atomic E-state index is 0.161. The van der Waals surface area contributed by atoms with Crippen molar-refractivity contribution in [1.82, 2.24) is 4.98 Å². The first kappa shape index (κ1) is 8.67. The van der Waals surface area contributed by atoms with Gasteiger partial charge in [-0.05, 0) is 31.4 Å². The smallest absolute Gasteiger partial charge is 0.144 e. The molecule has 1 saturated carbocycles. The Balaban J connectivity index is 2.18. The molecule has 1 aromatic rings. The van der Waals surface area contributed by atoms with E-state index in [2.05, 4.69) is 11.4 Å². The molecule has 0 spiro atoms. The van der Waals surface area contributed by atoms with E-state index in [1.807, 2.05) is 0 Å². The Morgan fingerprint density at radius 1 is 1.38 bits per heavy atom. The normalized spacial score (nSPS) is 18.8. The summed E-state index contributed by atoms with van der Waals surface area (Å²) in [5.74, 6) is 0.0839. The Kier molecular flexibility index (Phi) is 2.57. The monoisotopic (exact) mass is 178 g/mol. The number of nitrogens with zero attached hydrogens (tertiary/aromatic N) is 1. The molecule has 1 atom stereocenters. The molecule has 1 radical (unpaired) electrons. The van der Waals surface area contributed by atoms with Gasteiger partial charge in [0.2, 0.25) is 0 Å². The highest BCUT2D eigenvalue weighted by Gasteiger charge is 2.19. The molecule has 1 aliphatic rings. The number of rotatable bonds is 1. The van der Waals surface area contributed by atoms with Gasteiger partial charge in [0.05, 0.1) is 5.69 Å². The fourth-order valence-electron chi connectivity index (χ4n) is 1.86. The van der Waals surface area contributed by atoms with E-state index in [9.17, 15) is 4.39 Å². The minimum atomic E-state index is -0.161. The first-order valence-electron chi connectivity index (χ1n) is 4.81. The number of hydrogen-bond donors (Lipinski definition) is 0. The summed E-state index contributed by atoms with van der Waals surface area (Å²) in [6.07, 6.45) is 8.44. The zero-order chi connectivity index (χ0) is 9.10. The average molecular weight is 178 g/mol. The predicted molar refractivity (Wildman–Crippen MR) is 49.7 cm³/mol. The Bertz CT molecular complexity index is 279. The van der Waals surface area contributed by atoms with Crippen LogP contribution in [0.3, 0.4) is 0 Å². The Hall–Kier alpha value is -0.920. The van der Waals surface area contributed by atoms with Gasteiger partial charge in [0.25, 0.3) is 0 Å². The van der Waals surface area contributed by atoms with Crippen molar-refractivity contribution in [2.45, 2.75) is 31.6 Å². The molecule has 1 unspecified atom stereocenters. The van der Waals surface area contributed by atoms with Gasteiger partial charge in [-0.1, -0.05) is 12.8 Å². The lowest BCUT2D eigenvalue weighted by molar-refractivity contribution is 0.497. The molecule has 0 bridgehead atoms. The van der Waals surface area contributed by atoms with Gasteiger partial charge in [-0.25, -0.2) is 4.39 Å². The van der Waals surface area contributed by atoms with Crippen LogP contribution in [-0.4, -0.2) is 4.98 Å². The molecule has 0 amide bonds. The Morgan fingerprint density at radius 2 is 2.31 bits per heavy atom. The summed E-state index contributed by atoms with van der Waals surface area (Å²) in [5.41, 5.74) is 0.627. The summed E-state index contributed by atoms with van der Waals surface area (Å²) < 4.78 is 13.3. The van der Waals surface area contributed by atoms with Crippen molar-refractivity contribution in [3.8, 4) is 0 Å². The molecule has 13 heavy (non-hydrogen) atoms. The lowest BCUT2D eigenvalue weighted by Crippen LogP contribution is -2.09. The van der Waals surface area contributed by atoms with Gasteiger partial charge in [-0.3, -0.25) is 4.98 Å². The van der Waals surface area contributed by atoms with Crippen molar-refractivity contribution in [3.63, 3.8) is 0 Å². The van der Waals surface area contributed by atoms with E-state index in [0.717, 1.165) is 12.8 Å². The molecule has 0 saturated heterocycles. The molecule has 1 aromatic heterocycles. The molecule has 1 fully saturated rings. The number of aromatic nitrogens is 1. The first-order chi connectivity index (χ1) is 6.38. The van der Waals surface area contributed by atoms with Crippen LogP contribution in [-0.2, 0) is 0 Å². The van der Waals surface area contributed by atoms with Gasteiger partial charge in [0.1, 0.15) is 5.82 Å². The summed E-state index contributed by atoms with van der Waals surface area (Å²) in [6, 6.07) is 3.13. The zero-order valence-corrected chi connectivity index (χ0v) is 7.54. The van der Waals surface area contributed by atoms with Crippen LogP contribution in [0, 0.1) is 12.2 Å². The van der Waals surface area contributed by atoms with E-state index >= 15 is 0 Å². The van der Waals surface area contributed by atoms with Crippen molar-refractivity contribution < 1.29 is 4.39 Å². The van der Waals surface area contributed by atoms with E-state index in [4.69, 9.17) is 0 Å². The molecule has 2 heteroatoms. The molecule has 69 valence electrons. The second kappa shape index (κ2) is 3.86. The average Bonchev–Trinajstić information content (AvgIpc) is 2.20. The van der Waals surface area contributed by atoms with Crippen LogP contribution in [0.1, 0.15) is 37.3 Å². The summed E-state index contributed by atoms with van der Waals surface area (Å²) >= 11 is 0. The van der Waals surface area contributed by atoms with Gasteiger partial charge in [-0.15, -0.1) is 0 Å². The summed E-state index contributed by atoms with van der Waals surface area (Å²) in [7, 11) is 0. The highest BCUT2D eigenvalue weighted by molar-refractivity contribution is 5.16. The predicted octanol–water partition coefficient (Wildman–Crippen LogP) is 3.08. The number of hydrogen-bond acceptors (Lipinski definition) is 1. The maximum Gasteiger partial charge on any atom is 0.144 e. The molecule has 1 heterocycles. The number of pyridine rings is 1. The SMILES string of the molecule is Fc1cccnc1C1[CH]CCCC1. The lowest BCUT2D eigenvalue weighted by Gasteiger charge is -2.20. The summed E-state index contributed by atoms with van der Waals surface area (Å²) in [4.78, 5) is 4.10. The molecule has 2 rings (SSSR count). The van der Waals surface area contributed by atoms with Crippen LogP contribution in [0.5, 0.6) is 0 Å². The maximum atomic E-state index is 13.3. The molecule has 1 nitrogen and oxygen atoms in total. The van der Waals surface area contributed by atoms with Crippen LogP contribution in [0.15, 0.2) is 18.3 Å². The zero-order valence-electron chi connectivity index (χ0n) is 7.54. The molecule has 0 aliphatic heterocycles. The molecular weight excluding hydrogens is 165 g/mol. The van der Waals surface area contributed by atoms with Crippen LogP contribution < -0.4 is 0 Å². The van der Waals surface area contributed by atoms with Crippen LogP contribution in [0.4, 0.5) is 4.39 Å². The van der Waals surface area contributed by atoms with Gasteiger partial charge in [0, 0.05) is 12.1 Å². The third-order valence-electron chi connectivity index (χ3n) is 2.56. The van der Waals surface area contributed by atoms with E-state index in [-0.39, 0.29) is 11.7 Å². The van der Waals surface area contributed by atoms with Gasteiger partial charge < -0.3 is 0 Å². The van der Waals surface area contributed by atoms with Crippen LogP contribution in [0.2, 0.25) is 0 Å². The molecule has 1 aliphatic carbocycles. The Labute approximate surface area is 78.0 Å². The fraction of sp³-hybridized carbons (Fsp3) is 0.455. The fourth-order valence-corrected chi connectivity index (χ4v) is 1.86. The van der Waals surface area contributed by atoms with E-state index in [1.165, 1.54) is 18.9 Å². The van der Waals surface area contributed by atoms with E-state index in [1.54, 1.807) is 12.3 Å². The highest BCUT2D eigenvalue weighted by Crippen LogP contribution is 2.31. The van der Waals surface area contributed by atoms with E-state index < -0.39 is 0 Å². The van der Waals surface area contributed by atoms with Gasteiger partial charge in [-0.2, -0.15) is 0 Å². The largest absolute Gasteiger partial charge is 0.258 e. The van der Waals surface area contributed by atoms with Crippen molar-refractivity contribution >= 4 is 0 Å². The second-order valence-electron chi connectivity index (χ2n) is 3.50. The van der Waals surface area contributed by atoms with E-state index in [0.29, 0.717) is 5.69 Å². The third kappa shape index (κ3) is 1.87. The van der Waals surface area contributed by atoms with Crippen LogP contribution in [0.25, 0.3) is 0 Å². The quantitative estimate of drug-likeness (QED) is 0.644. The lowest BCUT2D eigenvalue weighted by atomic mass is 9.86. The molecule has 0 aromatic carbocycles. The Morgan fingerprint density at radius 3 is 3.00 bits per heavy atom. The van der Waals surface area contributed by atoms with Gasteiger partial charge in [0.15, 0.2) is 0 Å². The van der Waals surface area contributed by atoms with Crippen molar-refractivity contribution in [2.24, 2.45) is 0 Å². The molecular formula is C11H13FN. The standard InChI is InChI=1S/C11H13FN/c12-10-7-4-8-13-11(10)9-5-2-1-3-6-9/h4-5,7-9H,1-3,6H2. The maximum absolute atomic E-state index is 13.3. The highest BCUT2D eigenvalue weighted by atomic mass is 19.1. The third-order valence-corrected chi connectivity index (χ3v) is 2.56. The number of halogens is 1. The summed E-state index contributed by atoms with van der Waals surface area (Å²) in [6.45, 7) is 0. The summed E-state index contributed by atoms with van der Waals surface area (Å²) in [5, 5.41) is 0. The van der Waals surface area contributed by atoms with Gasteiger partial charge >= 0.3 is 0 Å². The topological polar surface area (TPSA) is 12.9 Å². The van der Waals surface area contributed by atoms with Crippen molar-refractivity contribution in [3.05, 3.63) is 36.3 Å². The second-order valence-corrected chi connectivity index (χ2v) is 3.50. The first-order valence-corrected chi connectivity index (χ1v) is 4.81. The molecule has 0 N–H and O–H groups in total. The van der Waals surface area contributed by atoms with Crippen molar-refractivity contribution in [2.75, 3.05) is 0 Å².